The van der Waals surface area contributed by atoms with Crippen LogP contribution >= 0.6 is 27.3 Å². The van der Waals surface area contributed by atoms with E-state index in [4.69, 9.17) is 4.74 Å². The highest BCUT2D eigenvalue weighted by Gasteiger charge is 2.13. The molecule has 1 heterocycles. The van der Waals surface area contributed by atoms with E-state index in [9.17, 15) is 13.6 Å². The Morgan fingerprint density at radius 1 is 1.48 bits per heavy atom. The zero-order valence-electron chi connectivity index (χ0n) is 11.0. The molecule has 0 radical (unpaired) electrons. The van der Waals surface area contributed by atoms with Gasteiger partial charge in [-0.05, 0) is 28.9 Å². The monoisotopic (exact) mass is 376 g/mol. The van der Waals surface area contributed by atoms with E-state index < -0.39 is 11.6 Å². The molecule has 0 atom stereocenters. The number of hydrogen-bond donors (Lipinski definition) is 1. The molecule has 112 valence electrons. The Bertz CT molecular complexity index is 640. The van der Waals surface area contributed by atoms with E-state index in [0.29, 0.717) is 17.4 Å². The van der Waals surface area contributed by atoms with Gasteiger partial charge in [0.2, 0.25) is 0 Å². The third kappa shape index (κ3) is 4.21. The van der Waals surface area contributed by atoms with Crippen LogP contribution in [0.3, 0.4) is 0 Å². The second-order valence-electron chi connectivity index (χ2n) is 4.00. The molecule has 0 aliphatic rings. The molecule has 0 bridgehead atoms. The fraction of sp³-hybridized carbons (Fsp3) is 0.231. The minimum atomic E-state index is -0.732. The molecule has 2 aromatic rings. The van der Waals surface area contributed by atoms with Crippen LogP contribution in [-0.4, -0.2) is 17.6 Å². The lowest BCUT2D eigenvalue weighted by atomic mass is 10.3. The molecule has 1 N–H and O–H groups in total. The van der Waals surface area contributed by atoms with E-state index >= 15 is 0 Å². The van der Waals surface area contributed by atoms with Crippen LogP contribution in [0.25, 0.3) is 0 Å². The van der Waals surface area contributed by atoms with Crippen LogP contribution in [-0.2, 0) is 16.0 Å². The number of benzene rings is 1. The maximum atomic E-state index is 13.7. The van der Waals surface area contributed by atoms with Gasteiger partial charge in [0.25, 0.3) is 0 Å². The quantitative estimate of drug-likeness (QED) is 0.800. The number of halogens is 3. The smallest absolute Gasteiger partial charge is 0.311 e. The number of nitrogens with zero attached hydrogens (tertiary/aromatic N) is 1. The van der Waals surface area contributed by atoms with Crippen molar-refractivity contribution in [2.45, 2.75) is 13.3 Å². The second kappa shape index (κ2) is 6.95. The molecular formula is C13H11BrF2N2O2S. The third-order valence-corrected chi connectivity index (χ3v) is 3.85. The molecule has 4 nitrogen and oxygen atoms in total. The number of esters is 1. The van der Waals surface area contributed by atoms with E-state index in [2.05, 4.69) is 26.2 Å². The number of carbonyl (C=O) groups excluding carboxylic acids is 1. The average Bonchev–Trinajstić information content (AvgIpc) is 2.81. The first kappa shape index (κ1) is 15.8. The summed E-state index contributed by atoms with van der Waals surface area (Å²) in [7, 11) is 0. The highest BCUT2D eigenvalue weighted by Crippen LogP contribution is 2.31. The van der Waals surface area contributed by atoms with Gasteiger partial charge in [-0.2, -0.15) is 0 Å². The number of rotatable bonds is 5. The summed E-state index contributed by atoms with van der Waals surface area (Å²) in [5.74, 6) is -1.78. The maximum absolute atomic E-state index is 13.7. The van der Waals surface area contributed by atoms with Gasteiger partial charge in [0, 0.05) is 15.9 Å². The van der Waals surface area contributed by atoms with Gasteiger partial charge in [-0.15, -0.1) is 11.3 Å². The minimum Gasteiger partial charge on any atom is -0.466 e. The standard InChI is InChI=1S/C13H11BrF2N2O2S/c1-2-20-11(19)5-8-6-21-13(17-8)18-12-9(14)3-7(15)4-10(12)16/h3-4,6H,2,5H2,1H3,(H,17,18). The van der Waals surface area contributed by atoms with Crippen molar-refractivity contribution in [1.29, 1.82) is 0 Å². The van der Waals surface area contributed by atoms with Gasteiger partial charge in [0.05, 0.1) is 24.4 Å². The lowest BCUT2D eigenvalue weighted by Gasteiger charge is -2.07. The Hall–Kier alpha value is -1.54. The van der Waals surface area contributed by atoms with Crippen LogP contribution in [0.15, 0.2) is 22.0 Å². The van der Waals surface area contributed by atoms with Gasteiger partial charge in [-0.25, -0.2) is 13.8 Å². The molecule has 2 rings (SSSR count). The van der Waals surface area contributed by atoms with E-state index in [1.54, 1.807) is 12.3 Å². The summed E-state index contributed by atoms with van der Waals surface area (Å²) < 4.78 is 31.8. The highest BCUT2D eigenvalue weighted by molar-refractivity contribution is 9.10. The Kier molecular flexibility index (Phi) is 5.24. The van der Waals surface area contributed by atoms with Crippen molar-refractivity contribution in [2.24, 2.45) is 0 Å². The van der Waals surface area contributed by atoms with Gasteiger partial charge in [0.15, 0.2) is 10.9 Å². The zero-order valence-corrected chi connectivity index (χ0v) is 13.4. The van der Waals surface area contributed by atoms with Crippen LogP contribution in [0.1, 0.15) is 12.6 Å². The molecule has 0 spiro atoms. The van der Waals surface area contributed by atoms with Crippen molar-refractivity contribution in [3.05, 3.63) is 39.3 Å². The van der Waals surface area contributed by atoms with E-state index in [1.807, 2.05) is 0 Å². The summed E-state index contributed by atoms with van der Waals surface area (Å²) in [5.41, 5.74) is 0.619. The molecule has 0 amide bonds. The summed E-state index contributed by atoms with van der Waals surface area (Å²) in [5, 5.41) is 4.84. The summed E-state index contributed by atoms with van der Waals surface area (Å²) in [4.78, 5) is 15.5. The van der Waals surface area contributed by atoms with Crippen LogP contribution in [0.4, 0.5) is 19.6 Å². The number of hydrogen-bond acceptors (Lipinski definition) is 5. The lowest BCUT2D eigenvalue weighted by molar-refractivity contribution is -0.142. The summed E-state index contributed by atoms with van der Waals surface area (Å²) in [6.45, 7) is 2.03. The molecule has 0 saturated heterocycles. The Morgan fingerprint density at radius 3 is 2.90 bits per heavy atom. The van der Waals surface area contributed by atoms with Crippen molar-refractivity contribution in [1.82, 2.24) is 4.98 Å². The van der Waals surface area contributed by atoms with E-state index in [-0.39, 0.29) is 22.6 Å². The number of anilines is 2. The summed E-state index contributed by atoms with van der Waals surface area (Å²) in [6, 6.07) is 1.93. The maximum Gasteiger partial charge on any atom is 0.311 e. The molecule has 0 aliphatic carbocycles. The van der Waals surface area contributed by atoms with Crippen LogP contribution in [0, 0.1) is 11.6 Å². The van der Waals surface area contributed by atoms with Crippen molar-refractivity contribution in [3.63, 3.8) is 0 Å². The first-order valence-electron chi connectivity index (χ1n) is 6.01. The molecule has 0 unspecified atom stereocenters. The third-order valence-electron chi connectivity index (χ3n) is 2.42. The Balaban J connectivity index is 2.11. The largest absolute Gasteiger partial charge is 0.466 e. The molecular weight excluding hydrogens is 366 g/mol. The summed E-state index contributed by atoms with van der Waals surface area (Å²) in [6.07, 6.45) is 0.0547. The van der Waals surface area contributed by atoms with Gasteiger partial charge in [0.1, 0.15) is 5.82 Å². The second-order valence-corrected chi connectivity index (χ2v) is 5.71. The number of carbonyl (C=O) groups is 1. The molecule has 0 saturated carbocycles. The Labute approximate surface area is 132 Å². The number of aromatic nitrogens is 1. The van der Waals surface area contributed by atoms with Crippen LogP contribution in [0.5, 0.6) is 0 Å². The molecule has 1 aromatic carbocycles. The molecule has 0 fully saturated rings. The number of ether oxygens (including phenoxy) is 1. The highest BCUT2D eigenvalue weighted by atomic mass is 79.9. The van der Waals surface area contributed by atoms with Crippen molar-refractivity contribution < 1.29 is 18.3 Å². The predicted molar refractivity (Wildman–Crippen MR) is 79.8 cm³/mol. The predicted octanol–water partition coefficient (Wildman–Crippen LogP) is 4.03. The van der Waals surface area contributed by atoms with Gasteiger partial charge in [-0.3, -0.25) is 4.79 Å². The lowest BCUT2D eigenvalue weighted by Crippen LogP contribution is -2.07. The average molecular weight is 377 g/mol. The molecule has 1 aromatic heterocycles. The summed E-state index contributed by atoms with van der Waals surface area (Å²) >= 11 is 4.30. The van der Waals surface area contributed by atoms with Crippen LogP contribution in [0.2, 0.25) is 0 Å². The normalized spacial score (nSPS) is 10.5. The number of nitrogens with one attached hydrogen (secondary N) is 1. The van der Waals surface area contributed by atoms with E-state index in [0.717, 1.165) is 12.1 Å². The molecule has 0 aliphatic heterocycles. The fourth-order valence-electron chi connectivity index (χ4n) is 1.57. The molecule has 21 heavy (non-hydrogen) atoms. The number of thiazole rings is 1. The van der Waals surface area contributed by atoms with Crippen molar-refractivity contribution in [3.8, 4) is 0 Å². The first-order valence-corrected chi connectivity index (χ1v) is 7.68. The SMILES string of the molecule is CCOC(=O)Cc1csc(Nc2c(F)cc(F)cc2Br)n1. The topological polar surface area (TPSA) is 51.2 Å². The van der Waals surface area contributed by atoms with Gasteiger partial charge in [-0.1, -0.05) is 0 Å². The molecule has 8 heteroatoms. The minimum absolute atomic E-state index is 0.0547. The van der Waals surface area contributed by atoms with Crippen molar-refractivity contribution in [2.75, 3.05) is 11.9 Å². The van der Waals surface area contributed by atoms with E-state index in [1.165, 1.54) is 11.3 Å². The van der Waals surface area contributed by atoms with Crippen molar-refractivity contribution >= 4 is 44.1 Å². The first-order chi connectivity index (χ1) is 9.99. The van der Waals surface area contributed by atoms with Crippen LogP contribution < -0.4 is 5.32 Å². The fourth-order valence-corrected chi connectivity index (χ4v) is 2.80. The van der Waals surface area contributed by atoms with Gasteiger partial charge >= 0.3 is 5.97 Å². The van der Waals surface area contributed by atoms with Gasteiger partial charge < -0.3 is 10.1 Å². The zero-order chi connectivity index (χ0) is 15.4. The Morgan fingerprint density at radius 2 is 2.24 bits per heavy atom.